The molecule has 1 aromatic carbocycles. The zero-order valence-electron chi connectivity index (χ0n) is 11.4. The number of nitriles is 1. The molecule has 0 spiro atoms. The fraction of sp³-hybridized carbons (Fsp3) is 0.214. The molecule has 5 nitrogen and oxygen atoms in total. The van der Waals surface area contributed by atoms with Crippen LogP contribution in [0.1, 0.15) is 24.3 Å². The van der Waals surface area contributed by atoms with Crippen LogP contribution in [0.5, 0.6) is 0 Å². The van der Waals surface area contributed by atoms with Gasteiger partial charge in [0.1, 0.15) is 16.7 Å². The molecule has 1 heterocycles. The van der Waals surface area contributed by atoms with Crippen molar-refractivity contribution in [3.05, 3.63) is 52.9 Å². The molecule has 0 aliphatic rings. The van der Waals surface area contributed by atoms with E-state index < -0.39 is 16.1 Å². The van der Waals surface area contributed by atoms with Gasteiger partial charge in [0.2, 0.25) is 10.0 Å². The molecule has 2 aromatic rings. The average Bonchev–Trinajstić information content (AvgIpc) is 2.99. The molecule has 0 radical (unpaired) electrons. The van der Waals surface area contributed by atoms with Gasteiger partial charge in [-0.15, -0.1) is 0 Å². The maximum atomic E-state index is 12.6. The van der Waals surface area contributed by atoms with Crippen molar-refractivity contribution >= 4 is 21.6 Å². The predicted octanol–water partition coefficient (Wildman–Crippen LogP) is 3.19. The monoisotopic (exact) mass is 324 g/mol. The highest BCUT2D eigenvalue weighted by Crippen LogP contribution is 2.28. The molecule has 0 saturated heterocycles. The Hall–Kier alpha value is -1.81. The van der Waals surface area contributed by atoms with Gasteiger partial charge in [-0.1, -0.05) is 11.6 Å². The van der Waals surface area contributed by atoms with E-state index in [1.54, 1.807) is 19.1 Å². The molecule has 2 rings (SSSR count). The fourth-order valence-electron chi connectivity index (χ4n) is 1.89. The van der Waals surface area contributed by atoms with Crippen molar-refractivity contribution in [2.24, 2.45) is 0 Å². The van der Waals surface area contributed by atoms with Gasteiger partial charge in [0, 0.05) is 12.1 Å². The van der Waals surface area contributed by atoms with E-state index in [2.05, 4.69) is 0 Å². The third kappa shape index (κ3) is 2.95. The van der Waals surface area contributed by atoms with E-state index in [9.17, 15) is 8.42 Å². The summed E-state index contributed by atoms with van der Waals surface area (Å²) >= 11 is 5.79. The highest BCUT2D eigenvalue weighted by atomic mass is 35.5. The van der Waals surface area contributed by atoms with Crippen LogP contribution in [0.3, 0.4) is 0 Å². The second-order valence-electron chi connectivity index (χ2n) is 4.46. The van der Waals surface area contributed by atoms with Crippen molar-refractivity contribution in [1.82, 2.24) is 4.31 Å². The molecule has 0 saturated carbocycles. The van der Waals surface area contributed by atoms with Crippen LogP contribution in [-0.4, -0.2) is 19.8 Å². The number of rotatable bonds is 4. The number of benzene rings is 1. The van der Waals surface area contributed by atoms with E-state index in [4.69, 9.17) is 21.3 Å². The molecular weight excluding hydrogens is 312 g/mol. The number of nitrogens with zero attached hydrogens (tertiary/aromatic N) is 2. The van der Waals surface area contributed by atoms with Crippen LogP contribution in [0.25, 0.3) is 0 Å². The minimum atomic E-state index is -3.83. The second kappa shape index (κ2) is 5.90. The number of hydrogen-bond donors (Lipinski definition) is 0. The summed E-state index contributed by atoms with van der Waals surface area (Å²) in [4.78, 5) is -0.0738. The Labute approximate surface area is 128 Å². The summed E-state index contributed by atoms with van der Waals surface area (Å²) in [6, 6.07) is 8.87. The van der Waals surface area contributed by atoms with Crippen LogP contribution in [0.4, 0.5) is 0 Å². The Kier molecular flexibility index (Phi) is 4.37. The first-order valence-corrected chi connectivity index (χ1v) is 7.91. The molecule has 0 bridgehead atoms. The lowest BCUT2D eigenvalue weighted by atomic mass is 10.2. The van der Waals surface area contributed by atoms with Crippen molar-refractivity contribution < 1.29 is 12.8 Å². The lowest BCUT2D eigenvalue weighted by molar-refractivity contribution is 0.340. The van der Waals surface area contributed by atoms with Crippen molar-refractivity contribution in [2.45, 2.75) is 17.9 Å². The van der Waals surface area contributed by atoms with E-state index in [0.29, 0.717) is 10.8 Å². The first-order chi connectivity index (χ1) is 9.87. The van der Waals surface area contributed by atoms with Gasteiger partial charge in [0.05, 0.1) is 17.9 Å². The molecule has 0 aliphatic carbocycles. The SMILES string of the molecule is CC(c1ccco1)N(C)S(=O)(=O)c1ccc(Cl)cc1C#N. The van der Waals surface area contributed by atoms with Crippen LogP contribution in [0.15, 0.2) is 45.9 Å². The van der Waals surface area contributed by atoms with Gasteiger partial charge in [-0.3, -0.25) is 0 Å². The number of furan rings is 1. The summed E-state index contributed by atoms with van der Waals surface area (Å²) < 4.78 is 31.7. The summed E-state index contributed by atoms with van der Waals surface area (Å²) in [6.07, 6.45) is 1.48. The quantitative estimate of drug-likeness (QED) is 0.865. The maximum Gasteiger partial charge on any atom is 0.244 e. The minimum absolute atomic E-state index is 0.0148. The van der Waals surface area contributed by atoms with Gasteiger partial charge >= 0.3 is 0 Å². The molecule has 21 heavy (non-hydrogen) atoms. The number of sulfonamides is 1. The van der Waals surface area contributed by atoms with Crippen molar-refractivity contribution in [1.29, 1.82) is 5.26 Å². The first kappa shape index (κ1) is 15.6. The first-order valence-electron chi connectivity index (χ1n) is 6.09. The van der Waals surface area contributed by atoms with Gasteiger partial charge in [-0.05, 0) is 37.3 Å². The lowest BCUT2D eigenvalue weighted by Gasteiger charge is -2.23. The molecule has 1 aromatic heterocycles. The molecule has 0 fully saturated rings. The fourth-order valence-corrected chi connectivity index (χ4v) is 3.51. The Morgan fingerprint density at radius 3 is 2.67 bits per heavy atom. The Bertz CT molecular complexity index is 779. The summed E-state index contributed by atoms with van der Waals surface area (Å²) in [5, 5.41) is 9.41. The predicted molar refractivity (Wildman–Crippen MR) is 78.2 cm³/mol. The molecule has 1 atom stereocenters. The van der Waals surface area contributed by atoms with Crippen LogP contribution in [0, 0.1) is 11.3 Å². The molecule has 0 amide bonds. The Morgan fingerprint density at radius 2 is 2.10 bits per heavy atom. The molecular formula is C14H13ClN2O3S. The minimum Gasteiger partial charge on any atom is -0.468 e. The van der Waals surface area contributed by atoms with Gasteiger partial charge in [0.25, 0.3) is 0 Å². The van der Waals surface area contributed by atoms with E-state index in [1.807, 2.05) is 6.07 Å². The highest BCUT2D eigenvalue weighted by molar-refractivity contribution is 7.89. The normalized spacial score (nSPS) is 13.1. The van der Waals surface area contributed by atoms with Gasteiger partial charge in [-0.2, -0.15) is 9.57 Å². The van der Waals surface area contributed by atoms with Crippen LogP contribution < -0.4 is 0 Å². The Balaban J connectivity index is 2.45. The zero-order valence-corrected chi connectivity index (χ0v) is 13.0. The summed E-state index contributed by atoms with van der Waals surface area (Å²) in [6.45, 7) is 1.71. The van der Waals surface area contributed by atoms with Gasteiger partial charge in [-0.25, -0.2) is 8.42 Å². The topological polar surface area (TPSA) is 74.3 Å². The van der Waals surface area contributed by atoms with E-state index in [-0.39, 0.29) is 10.5 Å². The van der Waals surface area contributed by atoms with Crippen LogP contribution >= 0.6 is 11.6 Å². The van der Waals surface area contributed by atoms with Crippen LogP contribution in [-0.2, 0) is 10.0 Å². The molecule has 7 heteroatoms. The summed E-state index contributed by atoms with van der Waals surface area (Å²) in [5.74, 6) is 0.522. The van der Waals surface area contributed by atoms with Crippen LogP contribution in [0.2, 0.25) is 5.02 Å². The highest BCUT2D eigenvalue weighted by Gasteiger charge is 2.29. The smallest absolute Gasteiger partial charge is 0.244 e. The number of hydrogen-bond acceptors (Lipinski definition) is 4. The summed E-state index contributed by atoms with van der Waals surface area (Å²) in [5.41, 5.74) is 0.0148. The van der Waals surface area contributed by atoms with E-state index >= 15 is 0 Å². The zero-order chi connectivity index (χ0) is 15.6. The largest absolute Gasteiger partial charge is 0.468 e. The standard InChI is InChI=1S/C14H13ClN2O3S/c1-10(13-4-3-7-20-13)17(2)21(18,19)14-6-5-12(15)8-11(14)9-16/h3-8,10H,1-2H3. The molecule has 110 valence electrons. The molecule has 0 aliphatic heterocycles. The maximum absolute atomic E-state index is 12.6. The third-order valence-electron chi connectivity index (χ3n) is 3.22. The van der Waals surface area contributed by atoms with Crippen molar-refractivity contribution in [3.8, 4) is 6.07 Å². The Morgan fingerprint density at radius 1 is 1.38 bits per heavy atom. The molecule has 0 N–H and O–H groups in total. The average molecular weight is 325 g/mol. The van der Waals surface area contributed by atoms with Crippen molar-refractivity contribution in [3.63, 3.8) is 0 Å². The van der Waals surface area contributed by atoms with Gasteiger partial charge < -0.3 is 4.42 Å². The molecule has 1 unspecified atom stereocenters. The van der Waals surface area contributed by atoms with Crippen molar-refractivity contribution in [2.75, 3.05) is 7.05 Å². The van der Waals surface area contributed by atoms with E-state index in [1.165, 1.54) is 31.5 Å². The third-order valence-corrected chi connectivity index (χ3v) is 5.44. The van der Waals surface area contributed by atoms with E-state index in [0.717, 1.165) is 4.31 Å². The summed E-state index contributed by atoms with van der Waals surface area (Å²) in [7, 11) is -2.39. The lowest BCUT2D eigenvalue weighted by Crippen LogP contribution is -2.30. The second-order valence-corrected chi connectivity index (χ2v) is 6.87. The van der Waals surface area contributed by atoms with Gasteiger partial charge in [0.15, 0.2) is 0 Å². The number of halogens is 1.